The van der Waals surface area contributed by atoms with Crippen molar-refractivity contribution in [2.45, 2.75) is 25.2 Å². The minimum absolute atomic E-state index is 0.00385. The van der Waals surface area contributed by atoms with E-state index in [4.69, 9.17) is 9.15 Å². The summed E-state index contributed by atoms with van der Waals surface area (Å²) >= 11 is 3.24. The number of fused-ring (bicyclic) bond motifs is 3. The van der Waals surface area contributed by atoms with Crippen LogP contribution in [0.3, 0.4) is 0 Å². The van der Waals surface area contributed by atoms with Crippen LogP contribution in [0.4, 0.5) is 13.2 Å². The first-order valence-corrected chi connectivity index (χ1v) is 12.7. The Hall–Kier alpha value is -2.37. The zero-order valence-corrected chi connectivity index (χ0v) is 19.4. The fourth-order valence-corrected chi connectivity index (χ4v) is 6.38. The molecule has 5 rings (SSSR count). The van der Waals surface area contributed by atoms with Gasteiger partial charge in [-0.1, -0.05) is 28.1 Å². The molecule has 1 atom stereocenters. The summed E-state index contributed by atoms with van der Waals surface area (Å²) in [6.07, 6.45) is -4.50. The van der Waals surface area contributed by atoms with Crippen LogP contribution in [0.5, 0.6) is 5.75 Å². The predicted octanol–water partition coefficient (Wildman–Crippen LogP) is 4.58. The highest BCUT2D eigenvalue weighted by Gasteiger charge is 2.41. The number of hydrogen-bond donors (Lipinski definition) is 0. The van der Waals surface area contributed by atoms with E-state index in [0.717, 1.165) is 0 Å². The molecule has 0 aliphatic carbocycles. The van der Waals surface area contributed by atoms with Crippen molar-refractivity contribution >= 4 is 36.7 Å². The molecule has 1 fully saturated rings. The molecule has 3 heterocycles. The van der Waals surface area contributed by atoms with E-state index in [1.165, 1.54) is 24.3 Å². The first-order valence-electron chi connectivity index (χ1n) is 10.1. The average Bonchev–Trinajstić information content (AvgIpc) is 3.13. The molecule has 0 radical (unpaired) electrons. The molecule has 1 unspecified atom stereocenters. The molecule has 2 aliphatic rings. The van der Waals surface area contributed by atoms with Gasteiger partial charge in [-0.25, -0.2) is 8.42 Å². The van der Waals surface area contributed by atoms with Gasteiger partial charge in [0, 0.05) is 17.1 Å². The second kappa shape index (κ2) is 7.85. The van der Waals surface area contributed by atoms with Crippen LogP contribution in [-0.4, -0.2) is 37.6 Å². The number of sulfone groups is 1. The van der Waals surface area contributed by atoms with Gasteiger partial charge in [-0.15, -0.1) is 0 Å². The Balaban J connectivity index is 1.68. The topological polar surface area (TPSA) is 76.8 Å². The van der Waals surface area contributed by atoms with E-state index in [1.54, 1.807) is 17.0 Å². The molecular formula is C22H17BrF3NO5S. The monoisotopic (exact) mass is 543 g/mol. The van der Waals surface area contributed by atoms with Crippen LogP contribution in [0, 0.1) is 0 Å². The quantitative estimate of drug-likeness (QED) is 0.471. The van der Waals surface area contributed by atoms with Gasteiger partial charge in [-0.3, -0.25) is 9.69 Å². The molecular weight excluding hydrogens is 527 g/mol. The molecule has 0 N–H and O–H groups in total. The smallest absolute Gasteiger partial charge is 0.450 e. The SMILES string of the molecule is O=c1c(-c2ccc(Br)cc2)c(C(F)(F)F)oc2c3c(ccc12)OCN(C1CCS(=O)(=O)C1)C3. The molecule has 2 aliphatic heterocycles. The lowest BCUT2D eigenvalue weighted by Crippen LogP contribution is -2.41. The van der Waals surface area contributed by atoms with E-state index < -0.39 is 32.8 Å². The zero-order valence-electron chi connectivity index (χ0n) is 17.0. The van der Waals surface area contributed by atoms with E-state index in [0.29, 0.717) is 22.2 Å². The Morgan fingerprint density at radius 1 is 1.09 bits per heavy atom. The fourth-order valence-electron chi connectivity index (χ4n) is 4.36. The number of rotatable bonds is 2. The molecule has 0 saturated carbocycles. The summed E-state index contributed by atoms with van der Waals surface area (Å²) in [5.41, 5.74) is -1.16. The highest BCUT2D eigenvalue weighted by Crippen LogP contribution is 2.40. The van der Waals surface area contributed by atoms with Crippen LogP contribution >= 0.6 is 15.9 Å². The lowest BCUT2D eigenvalue weighted by atomic mass is 9.99. The van der Waals surface area contributed by atoms with Crippen LogP contribution in [0.25, 0.3) is 22.1 Å². The van der Waals surface area contributed by atoms with Crippen LogP contribution < -0.4 is 10.2 Å². The maximum absolute atomic E-state index is 14.0. The summed E-state index contributed by atoms with van der Waals surface area (Å²) in [7, 11) is -3.16. The van der Waals surface area contributed by atoms with E-state index in [9.17, 15) is 26.4 Å². The minimum atomic E-state index is -4.91. The van der Waals surface area contributed by atoms with Crippen molar-refractivity contribution in [1.82, 2.24) is 4.90 Å². The van der Waals surface area contributed by atoms with Gasteiger partial charge < -0.3 is 9.15 Å². The van der Waals surface area contributed by atoms with Crippen LogP contribution in [-0.2, 0) is 22.6 Å². The van der Waals surface area contributed by atoms with E-state index >= 15 is 0 Å². The zero-order chi connectivity index (χ0) is 23.5. The summed E-state index contributed by atoms with van der Waals surface area (Å²) in [5.74, 6) is -1.05. The van der Waals surface area contributed by atoms with Crippen molar-refractivity contribution in [3.63, 3.8) is 0 Å². The summed E-state index contributed by atoms with van der Waals surface area (Å²) in [6.45, 7) is 0.219. The Morgan fingerprint density at radius 2 is 1.82 bits per heavy atom. The highest BCUT2D eigenvalue weighted by molar-refractivity contribution is 9.10. The van der Waals surface area contributed by atoms with Gasteiger partial charge in [0.25, 0.3) is 0 Å². The minimum Gasteiger partial charge on any atom is -0.478 e. The molecule has 0 bridgehead atoms. The number of benzene rings is 2. The second-order valence-electron chi connectivity index (χ2n) is 8.14. The van der Waals surface area contributed by atoms with Crippen molar-refractivity contribution in [2.75, 3.05) is 18.2 Å². The van der Waals surface area contributed by atoms with Gasteiger partial charge >= 0.3 is 6.18 Å². The number of ether oxygens (including phenoxy) is 1. The number of hydrogen-bond acceptors (Lipinski definition) is 6. The molecule has 33 heavy (non-hydrogen) atoms. The summed E-state index contributed by atoms with van der Waals surface area (Å²) in [5, 5.41) is 0.00385. The Bertz CT molecular complexity index is 1420. The third-order valence-electron chi connectivity index (χ3n) is 5.98. The standard InChI is InChI=1S/C22H17BrF3NO5S/c23-13-3-1-12(2-4-13)18-19(28)15-5-6-17-16(20(15)32-21(18)22(24,25)26)9-27(11-31-17)14-7-8-33(29,30)10-14/h1-6,14H,7-11H2. The largest absolute Gasteiger partial charge is 0.478 e. The molecule has 1 saturated heterocycles. The maximum Gasteiger partial charge on any atom is 0.450 e. The van der Waals surface area contributed by atoms with Crippen molar-refractivity contribution in [3.05, 3.63) is 62.4 Å². The lowest BCUT2D eigenvalue weighted by molar-refractivity contribution is -0.152. The Kier molecular flexibility index (Phi) is 5.33. The third-order valence-corrected chi connectivity index (χ3v) is 8.26. The van der Waals surface area contributed by atoms with Crippen molar-refractivity contribution in [1.29, 1.82) is 0 Å². The summed E-state index contributed by atoms with van der Waals surface area (Å²) in [6, 6.07) is 8.56. The Morgan fingerprint density at radius 3 is 2.45 bits per heavy atom. The van der Waals surface area contributed by atoms with E-state index in [1.807, 2.05) is 0 Å². The maximum atomic E-state index is 14.0. The number of nitrogens with zero attached hydrogens (tertiary/aromatic N) is 1. The molecule has 1 aromatic heterocycles. The average molecular weight is 544 g/mol. The van der Waals surface area contributed by atoms with E-state index in [2.05, 4.69) is 15.9 Å². The first kappa shape index (κ1) is 22.4. The summed E-state index contributed by atoms with van der Waals surface area (Å²) in [4.78, 5) is 15.0. The molecule has 174 valence electrons. The molecule has 11 heteroatoms. The van der Waals surface area contributed by atoms with Gasteiger partial charge in [0.15, 0.2) is 9.84 Å². The van der Waals surface area contributed by atoms with Crippen LogP contribution in [0.1, 0.15) is 17.7 Å². The molecule has 2 aromatic carbocycles. The van der Waals surface area contributed by atoms with Gasteiger partial charge in [0.1, 0.15) is 18.1 Å². The number of halogens is 4. The fraction of sp³-hybridized carbons (Fsp3) is 0.318. The Labute approximate surface area is 195 Å². The van der Waals surface area contributed by atoms with Crippen molar-refractivity contribution in [2.24, 2.45) is 0 Å². The van der Waals surface area contributed by atoms with Gasteiger partial charge in [0.05, 0.1) is 28.0 Å². The van der Waals surface area contributed by atoms with Gasteiger partial charge in [-0.05, 0) is 36.2 Å². The number of alkyl halides is 3. The van der Waals surface area contributed by atoms with E-state index in [-0.39, 0.29) is 47.4 Å². The molecule has 3 aromatic rings. The van der Waals surface area contributed by atoms with Crippen LogP contribution in [0.2, 0.25) is 0 Å². The predicted molar refractivity (Wildman–Crippen MR) is 119 cm³/mol. The summed E-state index contributed by atoms with van der Waals surface area (Å²) < 4.78 is 77.6. The van der Waals surface area contributed by atoms with Gasteiger partial charge in [0.2, 0.25) is 11.2 Å². The first-order chi connectivity index (χ1) is 15.5. The molecule has 0 spiro atoms. The van der Waals surface area contributed by atoms with Crippen molar-refractivity contribution < 1.29 is 30.7 Å². The third kappa shape index (κ3) is 4.06. The van der Waals surface area contributed by atoms with Crippen molar-refractivity contribution in [3.8, 4) is 16.9 Å². The highest BCUT2D eigenvalue weighted by atomic mass is 79.9. The normalized spacial score (nSPS) is 20.5. The molecule has 6 nitrogen and oxygen atoms in total. The van der Waals surface area contributed by atoms with Crippen LogP contribution in [0.15, 0.2) is 50.1 Å². The molecule has 0 amide bonds. The van der Waals surface area contributed by atoms with Gasteiger partial charge in [-0.2, -0.15) is 13.2 Å². The second-order valence-corrected chi connectivity index (χ2v) is 11.3. The lowest BCUT2D eigenvalue weighted by Gasteiger charge is -2.33.